The standard InChI is InChI=1S/C18H28N6O7/c1-9(2)3-13(18(30)31)24-17(29)12(5-15(26)27)23-16(28)11(22-14(25)6-19)4-10-7-20-8-21-10/h7-9,11-13H,3-6,19H2,1-2H3,(H,20,21)(H,22,25)(H,23,28)(H,24,29)(H,26,27)(H,30,31). The van der Waals surface area contributed by atoms with Crippen LogP contribution in [0, 0.1) is 5.92 Å². The average molecular weight is 440 g/mol. The summed E-state index contributed by atoms with van der Waals surface area (Å²) in [5.74, 6) is -5.16. The van der Waals surface area contributed by atoms with Gasteiger partial charge in [-0.25, -0.2) is 9.78 Å². The van der Waals surface area contributed by atoms with E-state index in [2.05, 4.69) is 25.9 Å². The molecule has 0 fully saturated rings. The van der Waals surface area contributed by atoms with E-state index in [9.17, 15) is 29.1 Å². The molecule has 1 heterocycles. The number of carboxylic acids is 2. The number of nitrogens with zero attached hydrogens (tertiary/aromatic N) is 1. The first-order valence-corrected chi connectivity index (χ1v) is 9.55. The van der Waals surface area contributed by atoms with E-state index >= 15 is 0 Å². The normalized spacial score (nSPS) is 13.7. The first-order valence-electron chi connectivity index (χ1n) is 9.55. The molecule has 1 aromatic heterocycles. The van der Waals surface area contributed by atoms with Crippen LogP contribution in [0.25, 0.3) is 0 Å². The van der Waals surface area contributed by atoms with Gasteiger partial charge in [0.25, 0.3) is 0 Å². The second-order valence-electron chi connectivity index (χ2n) is 7.29. The zero-order valence-corrected chi connectivity index (χ0v) is 17.3. The Balaban J connectivity index is 2.98. The van der Waals surface area contributed by atoms with E-state index in [-0.39, 0.29) is 25.3 Å². The van der Waals surface area contributed by atoms with Gasteiger partial charge in [0, 0.05) is 18.3 Å². The summed E-state index contributed by atoms with van der Waals surface area (Å²) in [6.07, 6.45) is 2.11. The maximum Gasteiger partial charge on any atom is 0.326 e. The van der Waals surface area contributed by atoms with Crippen molar-refractivity contribution in [3.05, 3.63) is 18.2 Å². The van der Waals surface area contributed by atoms with Gasteiger partial charge in [-0.3, -0.25) is 19.2 Å². The van der Waals surface area contributed by atoms with Crippen LogP contribution in [0.15, 0.2) is 12.5 Å². The average Bonchev–Trinajstić information content (AvgIpc) is 3.18. The minimum Gasteiger partial charge on any atom is -0.481 e. The number of carbonyl (C=O) groups excluding carboxylic acids is 3. The molecule has 0 radical (unpaired) electrons. The Morgan fingerprint density at radius 1 is 1.03 bits per heavy atom. The molecular weight excluding hydrogens is 412 g/mol. The van der Waals surface area contributed by atoms with E-state index in [4.69, 9.17) is 10.8 Å². The first kappa shape index (κ1) is 25.6. The SMILES string of the molecule is CC(C)CC(NC(=O)C(CC(=O)O)NC(=O)C(Cc1cnc[nH]1)NC(=O)CN)C(=O)O. The van der Waals surface area contributed by atoms with Gasteiger partial charge in [-0.2, -0.15) is 0 Å². The van der Waals surface area contributed by atoms with E-state index in [1.807, 2.05) is 0 Å². The van der Waals surface area contributed by atoms with E-state index < -0.39 is 54.2 Å². The molecule has 0 aromatic carbocycles. The summed E-state index contributed by atoms with van der Waals surface area (Å²) in [7, 11) is 0. The molecule has 0 spiro atoms. The number of carboxylic acid groups (broad SMARTS) is 2. The van der Waals surface area contributed by atoms with Gasteiger partial charge >= 0.3 is 11.9 Å². The number of aliphatic carboxylic acids is 2. The number of aromatic nitrogens is 2. The zero-order chi connectivity index (χ0) is 23.6. The highest BCUT2D eigenvalue weighted by Gasteiger charge is 2.31. The zero-order valence-electron chi connectivity index (χ0n) is 17.3. The molecule has 3 unspecified atom stereocenters. The fraction of sp³-hybridized carbons (Fsp3) is 0.556. The van der Waals surface area contributed by atoms with Crippen molar-refractivity contribution in [2.24, 2.45) is 11.7 Å². The number of imidazole rings is 1. The van der Waals surface area contributed by atoms with E-state index in [0.717, 1.165) is 0 Å². The summed E-state index contributed by atoms with van der Waals surface area (Å²) >= 11 is 0. The molecule has 0 bridgehead atoms. The van der Waals surface area contributed by atoms with E-state index in [1.54, 1.807) is 13.8 Å². The summed E-state index contributed by atoms with van der Waals surface area (Å²) in [6.45, 7) is 3.14. The third kappa shape index (κ3) is 9.25. The van der Waals surface area contributed by atoms with Gasteiger partial charge < -0.3 is 36.9 Å². The fourth-order valence-corrected chi connectivity index (χ4v) is 2.70. The third-order valence-corrected chi connectivity index (χ3v) is 4.15. The predicted octanol–water partition coefficient (Wildman–Crippen LogP) is -2.03. The fourth-order valence-electron chi connectivity index (χ4n) is 2.70. The van der Waals surface area contributed by atoms with Crippen LogP contribution in [-0.4, -0.2) is 74.5 Å². The molecule has 1 aromatic rings. The summed E-state index contributed by atoms with van der Waals surface area (Å²) in [4.78, 5) is 66.1. The Hall–Kier alpha value is -3.48. The Bertz CT molecular complexity index is 780. The van der Waals surface area contributed by atoms with Crippen molar-refractivity contribution in [3.8, 4) is 0 Å². The first-order chi connectivity index (χ1) is 14.5. The van der Waals surface area contributed by atoms with Crippen LogP contribution >= 0.6 is 0 Å². The van der Waals surface area contributed by atoms with Crippen LogP contribution in [0.3, 0.4) is 0 Å². The minimum absolute atomic E-state index is 0.0237. The molecule has 0 aliphatic carbocycles. The number of amides is 3. The number of hydrogen-bond acceptors (Lipinski definition) is 7. The number of nitrogens with one attached hydrogen (secondary N) is 4. The van der Waals surface area contributed by atoms with Crippen molar-refractivity contribution in [2.75, 3.05) is 6.54 Å². The maximum absolute atomic E-state index is 12.7. The van der Waals surface area contributed by atoms with Crippen LogP contribution in [0.1, 0.15) is 32.4 Å². The van der Waals surface area contributed by atoms with Crippen molar-refractivity contribution in [2.45, 2.75) is 51.2 Å². The molecule has 13 heteroatoms. The number of rotatable bonds is 13. The smallest absolute Gasteiger partial charge is 0.326 e. The van der Waals surface area contributed by atoms with Crippen LogP contribution in [-0.2, 0) is 30.4 Å². The molecular formula is C18H28N6O7. The molecule has 13 nitrogen and oxygen atoms in total. The van der Waals surface area contributed by atoms with Crippen LogP contribution in [0.5, 0.6) is 0 Å². The van der Waals surface area contributed by atoms with Gasteiger partial charge in [0.15, 0.2) is 0 Å². The van der Waals surface area contributed by atoms with Crippen molar-refractivity contribution >= 4 is 29.7 Å². The number of carbonyl (C=O) groups is 5. The Morgan fingerprint density at radius 3 is 2.13 bits per heavy atom. The van der Waals surface area contributed by atoms with Crippen molar-refractivity contribution in [1.82, 2.24) is 25.9 Å². The lowest BCUT2D eigenvalue weighted by molar-refractivity contribution is -0.144. The summed E-state index contributed by atoms with van der Waals surface area (Å²) in [5, 5.41) is 25.3. The summed E-state index contributed by atoms with van der Waals surface area (Å²) in [6, 6.07) is -3.98. The van der Waals surface area contributed by atoms with Crippen molar-refractivity contribution < 1.29 is 34.2 Å². The third-order valence-electron chi connectivity index (χ3n) is 4.15. The molecule has 1 rings (SSSR count). The molecule has 8 N–H and O–H groups in total. The second kappa shape index (κ2) is 12.3. The van der Waals surface area contributed by atoms with Gasteiger partial charge in [-0.15, -0.1) is 0 Å². The number of hydrogen-bond donors (Lipinski definition) is 7. The number of aromatic amines is 1. The van der Waals surface area contributed by atoms with Gasteiger partial charge in [0.05, 0.1) is 19.3 Å². The van der Waals surface area contributed by atoms with Crippen LogP contribution in [0.4, 0.5) is 0 Å². The van der Waals surface area contributed by atoms with Gasteiger partial charge in [-0.05, 0) is 12.3 Å². The van der Waals surface area contributed by atoms with Crippen molar-refractivity contribution in [3.63, 3.8) is 0 Å². The highest BCUT2D eigenvalue weighted by atomic mass is 16.4. The largest absolute Gasteiger partial charge is 0.481 e. The minimum atomic E-state index is -1.56. The molecule has 31 heavy (non-hydrogen) atoms. The number of nitrogens with two attached hydrogens (primary N) is 1. The highest BCUT2D eigenvalue weighted by molar-refractivity contribution is 5.95. The second-order valence-corrected chi connectivity index (χ2v) is 7.29. The van der Waals surface area contributed by atoms with E-state index in [0.29, 0.717) is 5.69 Å². The van der Waals surface area contributed by atoms with E-state index in [1.165, 1.54) is 12.5 Å². The quantitative estimate of drug-likeness (QED) is 0.180. The monoisotopic (exact) mass is 440 g/mol. The van der Waals surface area contributed by atoms with Gasteiger partial charge in [0.1, 0.15) is 18.1 Å². The maximum atomic E-state index is 12.7. The Labute approximate surface area is 178 Å². The molecule has 0 aliphatic heterocycles. The molecule has 0 aliphatic rings. The molecule has 3 amide bonds. The summed E-state index contributed by atoms with van der Waals surface area (Å²) in [5.41, 5.74) is 5.77. The topological polar surface area (TPSA) is 217 Å². The van der Waals surface area contributed by atoms with Gasteiger partial charge in [0.2, 0.25) is 17.7 Å². The molecule has 0 saturated carbocycles. The van der Waals surface area contributed by atoms with Gasteiger partial charge in [-0.1, -0.05) is 13.8 Å². The van der Waals surface area contributed by atoms with Crippen molar-refractivity contribution in [1.29, 1.82) is 0 Å². The Kier molecular flexibility index (Phi) is 10.1. The lowest BCUT2D eigenvalue weighted by Gasteiger charge is -2.24. The highest BCUT2D eigenvalue weighted by Crippen LogP contribution is 2.07. The number of H-pyrrole nitrogens is 1. The van der Waals surface area contributed by atoms with Crippen LogP contribution < -0.4 is 21.7 Å². The lowest BCUT2D eigenvalue weighted by atomic mass is 10.0. The van der Waals surface area contributed by atoms with Crippen LogP contribution in [0.2, 0.25) is 0 Å². The lowest BCUT2D eigenvalue weighted by Crippen LogP contribution is -2.57. The molecule has 3 atom stereocenters. The predicted molar refractivity (Wildman–Crippen MR) is 106 cm³/mol. The Morgan fingerprint density at radius 2 is 1.65 bits per heavy atom. The molecule has 172 valence electrons. The summed E-state index contributed by atoms with van der Waals surface area (Å²) < 4.78 is 0. The molecule has 0 saturated heterocycles.